The molecule has 0 fully saturated rings. The lowest BCUT2D eigenvalue weighted by Gasteiger charge is -1.95. The second-order valence-electron chi connectivity index (χ2n) is 1.63. The number of rotatable bonds is 3. The molecule has 0 bridgehead atoms. The molecule has 0 aliphatic heterocycles. The Hall–Kier alpha value is -0.995. The minimum absolute atomic E-state index is 0.0143. The maximum atomic E-state index is 10.1. The van der Waals surface area contributed by atoms with Gasteiger partial charge in [-0.3, -0.25) is 9.59 Å². The molecule has 0 rings (SSSR count). The molecule has 0 saturated heterocycles. The predicted molar refractivity (Wildman–Crippen MR) is 34.2 cm³/mol. The zero-order valence-electron chi connectivity index (χ0n) is 5.18. The maximum Gasteiger partial charge on any atom is 0.305 e. The predicted octanol–water partition coefficient (Wildman–Crippen LogP) is -1.20. The van der Waals surface area contributed by atoms with Crippen LogP contribution in [-0.2, 0) is 4.79 Å². The fourth-order valence-corrected chi connectivity index (χ4v) is 0.345. The lowest BCUT2D eigenvalue weighted by molar-refractivity contribution is -0.136. The first-order valence-corrected chi connectivity index (χ1v) is 2.59. The van der Waals surface area contributed by atoms with Crippen LogP contribution in [0, 0.1) is 0 Å². The zero-order chi connectivity index (χ0) is 7.28. The summed E-state index contributed by atoms with van der Waals surface area (Å²) in [5.74, 6) is -1.10. The molecule has 0 spiro atoms. The standard InChI is InChI=1S/C4H8BNO3/c5-4(9)6-2-1-3(7)8/h1-2,5H2,(H,6,9)(H,7,8). The van der Waals surface area contributed by atoms with Crippen molar-refractivity contribution in [3.05, 3.63) is 0 Å². The van der Waals surface area contributed by atoms with Gasteiger partial charge in [-0.15, -0.1) is 0 Å². The molecule has 0 aliphatic rings. The first-order chi connectivity index (χ1) is 4.13. The molecule has 0 aromatic rings. The molecule has 1 amide bonds. The summed E-state index contributed by atoms with van der Waals surface area (Å²) in [5.41, 5.74) is 0. The minimum Gasteiger partial charge on any atom is -0.481 e. The highest BCUT2D eigenvalue weighted by atomic mass is 16.4. The van der Waals surface area contributed by atoms with Gasteiger partial charge in [0.05, 0.1) is 6.42 Å². The van der Waals surface area contributed by atoms with Crippen LogP contribution < -0.4 is 5.32 Å². The Kier molecular flexibility index (Phi) is 3.51. The molecule has 0 aromatic heterocycles. The van der Waals surface area contributed by atoms with Crippen LogP contribution in [0.15, 0.2) is 0 Å². The summed E-state index contributed by atoms with van der Waals surface area (Å²) in [6.07, 6.45) is -0.0143. The van der Waals surface area contributed by atoms with Crippen LogP contribution in [-0.4, -0.2) is 31.3 Å². The third-order valence-corrected chi connectivity index (χ3v) is 0.713. The lowest BCUT2D eigenvalue weighted by atomic mass is 10.1. The average Bonchev–Trinajstić information content (AvgIpc) is 1.63. The van der Waals surface area contributed by atoms with Gasteiger partial charge >= 0.3 is 5.97 Å². The molecule has 0 aliphatic carbocycles. The second kappa shape index (κ2) is 3.94. The molecule has 0 aromatic carbocycles. The van der Waals surface area contributed by atoms with Crippen LogP contribution in [0.3, 0.4) is 0 Å². The summed E-state index contributed by atoms with van der Waals surface area (Å²) >= 11 is 0. The molecule has 0 atom stereocenters. The Labute approximate surface area is 53.7 Å². The number of aliphatic carboxylic acids is 1. The molecular formula is C4H8BNO3. The van der Waals surface area contributed by atoms with Gasteiger partial charge in [-0.05, 0) is 0 Å². The van der Waals surface area contributed by atoms with E-state index in [2.05, 4.69) is 5.32 Å². The van der Waals surface area contributed by atoms with E-state index < -0.39 is 5.97 Å². The van der Waals surface area contributed by atoms with Gasteiger partial charge < -0.3 is 10.4 Å². The first kappa shape index (κ1) is 8.00. The second-order valence-corrected chi connectivity index (χ2v) is 1.63. The molecule has 0 heterocycles. The van der Waals surface area contributed by atoms with Crippen LogP contribution in [0.5, 0.6) is 0 Å². The van der Waals surface area contributed by atoms with Crippen molar-refractivity contribution in [1.29, 1.82) is 0 Å². The summed E-state index contributed by atoms with van der Waals surface area (Å²) in [4.78, 5) is 20.0. The van der Waals surface area contributed by atoms with Gasteiger partial charge in [-0.2, -0.15) is 0 Å². The summed E-state index contributed by atoms with van der Waals surface area (Å²) in [5, 5.41) is 10.4. The average molecular weight is 129 g/mol. The van der Waals surface area contributed by atoms with Crippen molar-refractivity contribution in [2.45, 2.75) is 6.42 Å². The lowest BCUT2D eigenvalue weighted by Crippen LogP contribution is -2.24. The highest BCUT2D eigenvalue weighted by Gasteiger charge is 1.95. The van der Waals surface area contributed by atoms with Crippen LogP contribution in [0.4, 0.5) is 4.79 Å². The van der Waals surface area contributed by atoms with Gasteiger partial charge in [0.15, 0.2) is 5.81 Å². The Bertz CT molecular complexity index is 111. The quantitative estimate of drug-likeness (QED) is 0.470. The summed E-state index contributed by atoms with van der Waals surface area (Å²) in [7, 11) is 1.35. The van der Waals surface area contributed by atoms with E-state index in [1.54, 1.807) is 0 Å². The maximum absolute atomic E-state index is 10.1. The molecule has 9 heavy (non-hydrogen) atoms. The fraction of sp³-hybridized carbons (Fsp3) is 0.500. The number of carboxylic acids is 1. The highest BCUT2D eigenvalue weighted by molar-refractivity contribution is 6.57. The molecule has 0 radical (unpaired) electrons. The topological polar surface area (TPSA) is 66.4 Å². The van der Waals surface area contributed by atoms with E-state index in [1.165, 1.54) is 7.85 Å². The smallest absolute Gasteiger partial charge is 0.305 e. The highest BCUT2D eigenvalue weighted by Crippen LogP contribution is 1.73. The molecule has 4 nitrogen and oxygen atoms in total. The van der Waals surface area contributed by atoms with Crippen molar-refractivity contribution < 1.29 is 14.7 Å². The number of carbonyl (C=O) groups excluding carboxylic acids is 1. The summed E-state index contributed by atoms with van der Waals surface area (Å²) in [6.45, 7) is 0.213. The van der Waals surface area contributed by atoms with Gasteiger partial charge in [-0.25, -0.2) is 0 Å². The number of carbonyl (C=O) groups is 2. The van der Waals surface area contributed by atoms with Crippen LogP contribution >= 0.6 is 0 Å². The van der Waals surface area contributed by atoms with Crippen molar-refractivity contribution in [3.63, 3.8) is 0 Å². The third-order valence-electron chi connectivity index (χ3n) is 0.713. The van der Waals surface area contributed by atoms with Gasteiger partial charge in [-0.1, -0.05) is 0 Å². The summed E-state index contributed by atoms with van der Waals surface area (Å²) in [6, 6.07) is 0. The molecule has 2 N–H and O–H groups in total. The third kappa shape index (κ3) is 7.00. The van der Waals surface area contributed by atoms with E-state index in [0.717, 1.165) is 0 Å². The summed E-state index contributed by atoms with van der Waals surface area (Å²) < 4.78 is 0. The number of hydrogen-bond acceptors (Lipinski definition) is 2. The normalized spacial score (nSPS) is 8.44. The van der Waals surface area contributed by atoms with Crippen LogP contribution in [0.25, 0.3) is 0 Å². The number of amides is 1. The number of nitrogens with one attached hydrogen (secondary N) is 1. The van der Waals surface area contributed by atoms with Crippen molar-refractivity contribution in [2.75, 3.05) is 6.54 Å². The van der Waals surface area contributed by atoms with E-state index in [-0.39, 0.29) is 18.8 Å². The van der Waals surface area contributed by atoms with E-state index in [9.17, 15) is 9.59 Å². The Balaban J connectivity index is 3.10. The van der Waals surface area contributed by atoms with Crippen molar-refractivity contribution in [2.24, 2.45) is 0 Å². The fourth-order valence-electron chi connectivity index (χ4n) is 0.345. The van der Waals surface area contributed by atoms with E-state index >= 15 is 0 Å². The largest absolute Gasteiger partial charge is 0.481 e. The van der Waals surface area contributed by atoms with Gasteiger partial charge in [0, 0.05) is 6.54 Å². The minimum atomic E-state index is -0.899. The zero-order valence-corrected chi connectivity index (χ0v) is 5.18. The Morgan fingerprint density at radius 2 is 2.11 bits per heavy atom. The van der Waals surface area contributed by atoms with Crippen molar-refractivity contribution in [1.82, 2.24) is 5.32 Å². The van der Waals surface area contributed by atoms with Gasteiger partial charge in [0.25, 0.3) is 0 Å². The molecule has 5 heteroatoms. The SMILES string of the molecule is BC(=O)NCCC(=O)O. The number of hydrogen-bond donors (Lipinski definition) is 2. The van der Waals surface area contributed by atoms with Gasteiger partial charge in [0.1, 0.15) is 0 Å². The van der Waals surface area contributed by atoms with E-state index in [0.29, 0.717) is 0 Å². The molecular weight excluding hydrogens is 121 g/mol. The molecule has 0 saturated carbocycles. The monoisotopic (exact) mass is 129 g/mol. The Morgan fingerprint density at radius 3 is 2.44 bits per heavy atom. The number of carboxylic acid groups (broad SMARTS) is 1. The van der Waals surface area contributed by atoms with Crippen molar-refractivity contribution >= 4 is 19.6 Å². The van der Waals surface area contributed by atoms with Crippen LogP contribution in [0.2, 0.25) is 0 Å². The van der Waals surface area contributed by atoms with E-state index in [1.807, 2.05) is 0 Å². The molecule has 0 unspecified atom stereocenters. The Morgan fingerprint density at radius 1 is 1.56 bits per heavy atom. The van der Waals surface area contributed by atoms with Crippen molar-refractivity contribution in [3.8, 4) is 0 Å². The van der Waals surface area contributed by atoms with Gasteiger partial charge in [0.2, 0.25) is 7.85 Å². The van der Waals surface area contributed by atoms with Crippen LogP contribution in [0.1, 0.15) is 6.42 Å². The van der Waals surface area contributed by atoms with E-state index in [4.69, 9.17) is 5.11 Å². The molecule has 50 valence electrons. The first-order valence-electron chi connectivity index (χ1n) is 2.59.